The Bertz CT molecular complexity index is 362. The van der Waals surface area contributed by atoms with Gasteiger partial charge in [0.15, 0.2) is 6.10 Å². The van der Waals surface area contributed by atoms with Gasteiger partial charge in [-0.1, -0.05) is 0 Å². The van der Waals surface area contributed by atoms with Crippen molar-refractivity contribution in [2.24, 2.45) is 0 Å². The highest BCUT2D eigenvalue weighted by Crippen LogP contribution is 2.31. The molecular formula is C14H25NO5. The lowest BCUT2D eigenvalue weighted by molar-refractivity contribution is -0.159. The molecule has 1 unspecified atom stereocenters. The zero-order valence-corrected chi connectivity index (χ0v) is 12.6. The molecule has 1 fully saturated rings. The van der Waals surface area contributed by atoms with E-state index in [1.165, 1.54) is 0 Å². The molecule has 0 aromatic heterocycles. The van der Waals surface area contributed by atoms with E-state index in [0.717, 1.165) is 0 Å². The molecule has 0 amide bonds. The van der Waals surface area contributed by atoms with Crippen molar-refractivity contribution in [2.75, 3.05) is 0 Å². The van der Waals surface area contributed by atoms with Crippen LogP contribution in [0, 0.1) is 0 Å². The number of carbonyl (C=O) groups is 2. The van der Waals surface area contributed by atoms with Crippen LogP contribution in [0.1, 0.15) is 53.4 Å². The van der Waals surface area contributed by atoms with Crippen molar-refractivity contribution >= 4 is 11.9 Å². The van der Waals surface area contributed by atoms with Gasteiger partial charge in [-0.3, -0.25) is 4.79 Å². The van der Waals surface area contributed by atoms with Gasteiger partial charge in [-0.05, 0) is 47.0 Å². The van der Waals surface area contributed by atoms with Crippen LogP contribution in [0.5, 0.6) is 0 Å². The summed E-state index contributed by atoms with van der Waals surface area (Å²) in [5.74, 6) is -2.11. The lowest BCUT2D eigenvalue weighted by Crippen LogP contribution is -2.60. The molecule has 1 aliphatic rings. The predicted octanol–water partition coefficient (Wildman–Crippen LogP) is 1.63. The summed E-state index contributed by atoms with van der Waals surface area (Å²) in [5.41, 5.74) is -0.273. The number of hydrogen-bond donors (Lipinski definition) is 3. The molecule has 1 heterocycles. The van der Waals surface area contributed by atoms with Crippen LogP contribution in [0.4, 0.5) is 0 Å². The molecule has 0 radical (unpaired) electrons. The van der Waals surface area contributed by atoms with Crippen LogP contribution in [-0.4, -0.2) is 45.4 Å². The Kier molecular flexibility index (Phi) is 5.15. The average Bonchev–Trinajstić information content (AvgIpc) is 2.18. The second kappa shape index (κ2) is 6.10. The molecule has 0 spiro atoms. The normalized spacial score (nSPS) is 23.2. The van der Waals surface area contributed by atoms with E-state index in [9.17, 15) is 9.59 Å². The topological polar surface area (TPSA) is 95.9 Å². The fraction of sp³-hybridized carbons (Fsp3) is 0.857. The summed E-state index contributed by atoms with van der Waals surface area (Å²) in [6.45, 7) is 8.21. The minimum absolute atomic E-state index is 0.00451. The summed E-state index contributed by atoms with van der Waals surface area (Å²) in [7, 11) is 0. The van der Waals surface area contributed by atoms with Crippen molar-refractivity contribution in [2.45, 2.75) is 76.7 Å². The molecule has 1 saturated heterocycles. The van der Waals surface area contributed by atoms with Crippen LogP contribution in [0.2, 0.25) is 0 Å². The molecule has 1 atom stereocenters. The Hall–Kier alpha value is -1.14. The number of carboxylic acids is 2. The summed E-state index contributed by atoms with van der Waals surface area (Å²) >= 11 is 0. The van der Waals surface area contributed by atoms with Crippen LogP contribution in [0.25, 0.3) is 0 Å². The zero-order chi connectivity index (χ0) is 15.6. The van der Waals surface area contributed by atoms with Crippen LogP contribution in [0.3, 0.4) is 0 Å². The van der Waals surface area contributed by atoms with E-state index in [1.54, 1.807) is 0 Å². The van der Waals surface area contributed by atoms with Crippen molar-refractivity contribution in [3.8, 4) is 0 Å². The van der Waals surface area contributed by atoms with Crippen molar-refractivity contribution in [1.82, 2.24) is 5.32 Å². The third-order valence-electron chi connectivity index (χ3n) is 3.41. The lowest BCUT2D eigenvalue weighted by Gasteiger charge is -2.46. The standard InChI is InChI=1S/C14H25NO5/c1-13(2)7-9(8-14(3,4)15-13)20-10(12(18)19)5-6-11(16)17/h9-10,15H,5-8H2,1-4H3,(H,16,17)(H,18,19). The first-order chi connectivity index (χ1) is 9.01. The SMILES string of the molecule is CC1(C)CC(OC(CCC(=O)O)C(=O)O)CC(C)(C)N1. The Morgan fingerprint density at radius 2 is 1.70 bits per heavy atom. The molecule has 1 rings (SSSR count). The number of aliphatic carboxylic acids is 2. The molecular weight excluding hydrogens is 262 g/mol. The number of ether oxygens (including phenoxy) is 1. The highest BCUT2D eigenvalue weighted by Gasteiger charge is 2.39. The van der Waals surface area contributed by atoms with Gasteiger partial charge in [-0.25, -0.2) is 4.79 Å². The van der Waals surface area contributed by atoms with E-state index in [2.05, 4.69) is 33.0 Å². The molecule has 6 heteroatoms. The van der Waals surface area contributed by atoms with E-state index in [4.69, 9.17) is 14.9 Å². The Labute approximate surface area is 119 Å². The molecule has 20 heavy (non-hydrogen) atoms. The maximum Gasteiger partial charge on any atom is 0.332 e. The van der Waals surface area contributed by atoms with E-state index in [1.807, 2.05) is 0 Å². The van der Waals surface area contributed by atoms with Crippen molar-refractivity contribution in [3.05, 3.63) is 0 Å². The van der Waals surface area contributed by atoms with E-state index < -0.39 is 18.0 Å². The first-order valence-electron chi connectivity index (χ1n) is 6.90. The minimum atomic E-state index is -1.10. The fourth-order valence-corrected chi connectivity index (χ4v) is 3.06. The summed E-state index contributed by atoms with van der Waals surface area (Å²) in [6.07, 6.45) is -0.0398. The molecule has 116 valence electrons. The summed E-state index contributed by atoms with van der Waals surface area (Å²) in [6, 6.07) is 0. The van der Waals surface area contributed by atoms with E-state index >= 15 is 0 Å². The predicted molar refractivity (Wildman–Crippen MR) is 73.7 cm³/mol. The third kappa shape index (κ3) is 5.46. The molecule has 0 saturated carbocycles. The van der Waals surface area contributed by atoms with Crippen LogP contribution in [0.15, 0.2) is 0 Å². The monoisotopic (exact) mass is 287 g/mol. The van der Waals surface area contributed by atoms with Gasteiger partial charge in [0.2, 0.25) is 0 Å². The van der Waals surface area contributed by atoms with Crippen LogP contribution in [-0.2, 0) is 14.3 Å². The molecule has 6 nitrogen and oxygen atoms in total. The average molecular weight is 287 g/mol. The summed E-state index contributed by atoms with van der Waals surface area (Å²) in [5, 5.41) is 21.3. The second-order valence-electron chi connectivity index (χ2n) is 6.82. The highest BCUT2D eigenvalue weighted by molar-refractivity contribution is 5.74. The highest BCUT2D eigenvalue weighted by atomic mass is 16.5. The van der Waals surface area contributed by atoms with Gasteiger partial charge in [0.05, 0.1) is 6.10 Å². The van der Waals surface area contributed by atoms with Gasteiger partial charge in [0, 0.05) is 17.5 Å². The minimum Gasteiger partial charge on any atom is -0.481 e. The van der Waals surface area contributed by atoms with Gasteiger partial charge in [0.1, 0.15) is 0 Å². The van der Waals surface area contributed by atoms with Crippen molar-refractivity contribution in [1.29, 1.82) is 0 Å². The number of hydrogen-bond acceptors (Lipinski definition) is 4. The molecule has 1 aliphatic heterocycles. The number of carboxylic acid groups (broad SMARTS) is 2. The van der Waals surface area contributed by atoms with Crippen molar-refractivity contribution in [3.63, 3.8) is 0 Å². The maximum atomic E-state index is 11.2. The Balaban J connectivity index is 2.67. The molecule has 0 aliphatic carbocycles. The smallest absolute Gasteiger partial charge is 0.332 e. The number of piperidine rings is 1. The van der Waals surface area contributed by atoms with Crippen LogP contribution < -0.4 is 5.32 Å². The van der Waals surface area contributed by atoms with Gasteiger partial charge >= 0.3 is 11.9 Å². The molecule has 3 N–H and O–H groups in total. The van der Waals surface area contributed by atoms with E-state index in [-0.39, 0.29) is 30.0 Å². The molecule has 0 aromatic rings. The number of rotatable bonds is 6. The fourth-order valence-electron chi connectivity index (χ4n) is 3.06. The lowest BCUT2D eigenvalue weighted by atomic mass is 9.81. The Morgan fingerprint density at radius 1 is 1.20 bits per heavy atom. The van der Waals surface area contributed by atoms with Gasteiger partial charge in [0.25, 0.3) is 0 Å². The van der Waals surface area contributed by atoms with E-state index in [0.29, 0.717) is 12.8 Å². The zero-order valence-electron chi connectivity index (χ0n) is 12.6. The summed E-state index contributed by atoms with van der Waals surface area (Å²) < 4.78 is 5.67. The Morgan fingerprint density at radius 3 is 2.10 bits per heavy atom. The first kappa shape index (κ1) is 16.9. The molecule has 0 bridgehead atoms. The third-order valence-corrected chi connectivity index (χ3v) is 3.41. The largest absolute Gasteiger partial charge is 0.481 e. The van der Waals surface area contributed by atoms with Gasteiger partial charge in [-0.15, -0.1) is 0 Å². The molecule has 0 aromatic carbocycles. The van der Waals surface area contributed by atoms with Crippen molar-refractivity contribution < 1.29 is 24.5 Å². The van der Waals surface area contributed by atoms with Gasteiger partial charge < -0.3 is 20.3 Å². The summed E-state index contributed by atoms with van der Waals surface area (Å²) in [4.78, 5) is 21.7. The number of nitrogens with one attached hydrogen (secondary N) is 1. The second-order valence-corrected chi connectivity index (χ2v) is 6.82. The maximum absolute atomic E-state index is 11.2. The first-order valence-corrected chi connectivity index (χ1v) is 6.90. The van der Waals surface area contributed by atoms with Gasteiger partial charge in [-0.2, -0.15) is 0 Å². The quantitative estimate of drug-likeness (QED) is 0.687. The van der Waals surface area contributed by atoms with Crippen LogP contribution >= 0.6 is 0 Å².